The van der Waals surface area contributed by atoms with E-state index in [2.05, 4.69) is 59.2 Å². The lowest BCUT2D eigenvalue weighted by Gasteiger charge is -2.36. The first-order valence-corrected chi connectivity index (χ1v) is 11.7. The molecule has 0 aromatic carbocycles. The molecule has 0 heterocycles. The Morgan fingerprint density at radius 3 is 1.86 bits per heavy atom. The Hall–Kier alpha value is 0.134. The van der Waals surface area contributed by atoms with Gasteiger partial charge in [-0.15, -0.1) is 12.3 Å². The second-order valence-corrected chi connectivity index (χ2v) is 15.9. The van der Waals surface area contributed by atoms with Gasteiger partial charge >= 0.3 is 0 Å². The van der Waals surface area contributed by atoms with E-state index in [9.17, 15) is 0 Å². The summed E-state index contributed by atoms with van der Waals surface area (Å²) in [6, 6.07) is 0. The van der Waals surface area contributed by atoms with Gasteiger partial charge in [0.1, 0.15) is 0 Å². The van der Waals surface area contributed by atoms with Crippen LogP contribution in [-0.4, -0.2) is 22.0 Å². The topological polar surface area (TPSA) is 9.23 Å². The van der Waals surface area contributed by atoms with Crippen LogP contribution in [0.1, 0.15) is 20.8 Å². The van der Waals surface area contributed by atoms with Gasteiger partial charge < -0.3 is 4.43 Å². The molecule has 0 fully saturated rings. The minimum Gasteiger partial charge on any atom is -0.413 e. The van der Waals surface area contributed by atoms with Gasteiger partial charge in [-0.2, -0.15) is 0 Å². The van der Waals surface area contributed by atoms with Gasteiger partial charge in [0, 0.05) is 5.60 Å². The molecule has 0 bridgehead atoms. The van der Waals surface area contributed by atoms with Crippen molar-refractivity contribution in [2.45, 2.75) is 58.2 Å². The zero-order valence-corrected chi connectivity index (χ0v) is 12.9. The van der Waals surface area contributed by atoms with Crippen LogP contribution in [-0.2, 0) is 4.43 Å². The minimum absolute atomic E-state index is 0.00136. The standard InChI is InChI=1S/C11H26OSi2/c1-9-13(5,6)10-14(7,8)12-11(2,3)4/h9H,1,10H2,2-8H3. The highest BCUT2D eigenvalue weighted by Crippen LogP contribution is 2.25. The molecule has 84 valence electrons. The first kappa shape index (κ1) is 14.1. The Morgan fingerprint density at radius 1 is 1.14 bits per heavy atom. The molecule has 0 aliphatic rings. The summed E-state index contributed by atoms with van der Waals surface area (Å²) >= 11 is 0. The average molecular weight is 230 g/mol. The lowest BCUT2D eigenvalue weighted by Crippen LogP contribution is -2.45. The summed E-state index contributed by atoms with van der Waals surface area (Å²) in [5.41, 5.74) is 3.44. The van der Waals surface area contributed by atoms with Crippen molar-refractivity contribution in [1.29, 1.82) is 0 Å². The van der Waals surface area contributed by atoms with Crippen LogP contribution >= 0.6 is 0 Å². The van der Waals surface area contributed by atoms with E-state index in [1.54, 1.807) is 0 Å². The summed E-state index contributed by atoms with van der Waals surface area (Å²) in [4.78, 5) is 0. The van der Waals surface area contributed by atoms with Gasteiger partial charge in [0.15, 0.2) is 8.32 Å². The first-order valence-electron chi connectivity index (χ1n) is 5.31. The SMILES string of the molecule is C=C[Si](C)(C)C[Si](C)(C)OC(C)(C)C. The predicted molar refractivity (Wildman–Crippen MR) is 70.8 cm³/mol. The highest BCUT2D eigenvalue weighted by Gasteiger charge is 2.34. The zero-order chi connectivity index (χ0) is 11.6. The van der Waals surface area contributed by atoms with Gasteiger partial charge in [0.25, 0.3) is 0 Å². The van der Waals surface area contributed by atoms with Crippen molar-refractivity contribution >= 4 is 16.4 Å². The molecule has 0 aromatic heterocycles. The van der Waals surface area contributed by atoms with E-state index >= 15 is 0 Å². The Morgan fingerprint density at radius 2 is 1.57 bits per heavy atom. The summed E-state index contributed by atoms with van der Waals surface area (Å²) in [6.07, 6.45) is 0. The summed E-state index contributed by atoms with van der Waals surface area (Å²) in [5, 5.41) is 0. The van der Waals surface area contributed by atoms with Crippen LogP contribution in [0.3, 0.4) is 0 Å². The van der Waals surface area contributed by atoms with E-state index in [1.165, 1.54) is 5.67 Å². The molecule has 0 aromatic rings. The van der Waals surface area contributed by atoms with Crippen LogP contribution in [0, 0.1) is 0 Å². The fourth-order valence-corrected chi connectivity index (χ4v) is 13.3. The Labute approximate surface area is 91.7 Å². The fraction of sp³-hybridized carbons (Fsp3) is 0.818. The molecule has 0 radical (unpaired) electrons. The summed E-state index contributed by atoms with van der Waals surface area (Å²) in [6.45, 7) is 19.7. The van der Waals surface area contributed by atoms with Crippen molar-refractivity contribution in [3.05, 3.63) is 12.3 Å². The third-order valence-corrected chi connectivity index (χ3v) is 11.3. The Kier molecular flexibility index (Phi) is 4.37. The largest absolute Gasteiger partial charge is 0.413 e. The maximum absolute atomic E-state index is 6.19. The van der Waals surface area contributed by atoms with Crippen LogP contribution in [0.4, 0.5) is 0 Å². The van der Waals surface area contributed by atoms with Gasteiger partial charge in [0.2, 0.25) is 0 Å². The van der Waals surface area contributed by atoms with Crippen molar-refractivity contribution in [1.82, 2.24) is 0 Å². The molecular formula is C11H26OSi2. The van der Waals surface area contributed by atoms with Crippen molar-refractivity contribution in [2.24, 2.45) is 0 Å². The van der Waals surface area contributed by atoms with Crippen molar-refractivity contribution in [3.8, 4) is 0 Å². The Balaban J connectivity index is 4.42. The van der Waals surface area contributed by atoms with Crippen molar-refractivity contribution in [2.75, 3.05) is 0 Å². The third-order valence-electron chi connectivity index (χ3n) is 2.02. The van der Waals surface area contributed by atoms with Crippen molar-refractivity contribution < 1.29 is 4.43 Å². The zero-order valence-electron chi connectivity index (χ0n) is 10.9. The lowest BCUT2D eigenvalue weighted by molar-refractivity contribution is 0.121. The van der Waals surface area contributed by atoms with E-state index < -0.39 is 16.4 Å². The second kappa shape index (κ2) is 4.33. The summed E-state index contributed by atoms with van der Waals surface area (Å²) in [7, 11) is -2.72. The van der Waals surface area contributed by atoms with E-state index in [0.717, 1.165) is 0 Å². The van der Waals surface area contributed by atoms with Gasteiger partial charge in [0.05, 0.1) is 8.07 Å². The molecule has 0 rings (SSSR count). The van der Waals surface area contributed by atoms with E-state index in [1.807, 2.05) is 0 Å². The van der Waals surface area contributed by atoms with Crippen LogP contribution in [0.25, 0.3) is 0 Å². The smallest absolute Gasteiger partial charge is 0.185 e. The fourth-order valence-electron chi connectivity index (χ4n) is 2.03. The molecule has 0 aliphatic heterocycles. The van der Waals surface area contributed by atoms with Crippen LogP contribution in [0.2, 0.25) is 31.9 Å². The van der Waals surface area contributed by atoms with Gasteiger partial charge in [-0.3, -0.25) is 0 Å². The maximum atomic E-state index is 6.19. The van der Waals surface area contributed by atoms with E-state index in [0.29, 0.717) is 0 Å². The van der Waals surface area contributed by atoms with Crippen LogP contribution in [0.5, 0.6) is 0 Å². The van der Waals surface area contributed by atoms with Crippen molar-refractivity contribution in [3.63, 3.8) is 0 Å². The van der Waals surface area contributed by atoms with Crippen LogP contribution in [0.15, 0.2) is 12.3 Å². The molecule has 0 aliphatic carbocycles. The van der Waals surface area contributed by atoms with E-state index in [-0.39, 0.29) is 5.60 Å². The maximum Gasteiger partial charge on any atom is 0.185 e. The molecule has 0 N–H and O–H groups in total. The molecule has 0 spiro atoms. The first-order chi connectivity index (χ1) is 5.97. The average Bonchev–Trinajstić information content (AvgIpc) is 1.78. The second-order valence-electron chi connectivity index (χ2n) is 6.34. The molecular weight excluding hydrogens is 204 g/mol. The molecule has 0 atom stereocenters. The third kappa shape index (κ3) is 6.57. The quantitative estimate of drug-likeness (QED) is 0.664. The monoisotopic (exact) mass is 230 g/mol. The Bertz CT molecular complexity index is 202. The normalized spacial score (nSPS) is 14.2. The highest BCUT2D eigenvalue weighted by atomic mass is 28.4. The van der Waals surface area contributed by atoms with Gasteiger partial charge in [-0.1, -0.05) is 13.1 Å². The van der Waals surface area contributed by atoms with Crippen LogP contribution < -0.4 is 0 Å². The number of hydrogen-bond acceptors (Lipinski definition) is 1. The molecule has 3 heteroatoms. The molecule has 0 saturated heterocycles. The minimum atomic E-state index is -1.50. The predicted octanol–water partition coefficient (Wildman–Crippen LogP) is 3.98. The number of rotatable bonds is 4. The molecule has 1 nitrogen and oxygen atoms in total. The van der Waals surface area contributed by atoms with Gasteiger partial charge in [-0.05, 0) is 39.5 Å². The molecule has 14 heavy (non-hydrogen) atoms. The molecule has 0 amide bonds. The number of hydrogen-bond donors (Lipinski definition) is 0. The van der Waals surface area contributed by atoms with Gasteiger partial charge in [-0.25, -0.2) is 0 Å². The molecule has 0 saturated carbocycles. The lowest BCUT2D eigenvalue weighted by atomic mass is 10.2. The summed E-state index contributed by atoms with van der Waals surface area (Å²) in [5.74, 6) is 0. The van der Waals surface area contributed by atoms with E-state index in [4.69, 9.17) is 4.43 Å². The summed E-state index contributed by atoms with van der Waals surface area (Å²) < 4.78 is 6.19. The highest BCUT2D eigenvalue weighted by molar-refractivity contribution is 6.95. The molecule has 0 unspecified atom stereocenters.